The van der Waals surface area contributed by atoms with Crippen LogP contribution in [0.25, 0.3) is 49.1 Å². The van der Waals surface area contributed by atoms with Gasteiger partial charge in [0.1, 0.15) is 0 Å². The predicted molar refractivity (Wildman–Crippen MR) is 167 cm³/mol. The Kier molecular flexibility index (Phi) is 5.12. The van der Waals surface area contributed by atoms with Crippen LogP contribution in [0.3, 0.4) is 0 Å². The topological polar surface area (TPSA) is 30.2 Å². The summed E-state index contributed by atoms with van der Waals surface area (Å²) in [4.78, 5) is 9.97. The first-order chi connectivity index (χ1) is 19.2. The number of aromatic nitrogens is 3. The predicted octanol–water partition coefficient (Wildman–Crippen LogP) is 6.72. The average molecular weight is 583 g/mol. The Morgan fingerprint density at radius 2 is 1.33 bits per heavy atom. The van der Waals surface area contributed by atoms with Crippen molar-refractivity contribution < 1.29 is 0 Å². The van der Waals surface area contributed by atoms with Gasteiger partial charge in [-0.2, -0.15) is 0 Å². The van der Waals surface area contributed by atoms with Gasteiger partial charge in [-0.25, -0.2) is 0 Å². The Morgan fingerprint density at radius 1 is 0.590 bits per heavy atom. The van der Waals surface area contributed by atoms with Crippen LogP contribution >= 0.6 is 5.51 Å². The Hall–Kier alpha value is -4.07. The first-order valence-electron chi connectivity index (χ1n) is 12.9. The van der Waals surface area contributed by atoms with E-state index in [-0.39, 0.29) is 0 Å². The van der Waals surface area contributed by atoms with Crippen LogP contribution < -0.4 is 15.9 Å². The molecule has 0 fully saturated rings. The quantitative estimate of drug-likeness (QED) is 0.132. The minimum atomic E-state index is -2.22. The van der Waals surface area contributed by atoms with Gasteiger partial charge in [-0.1, -0.05) is 0 Å². The molecule has 0 radical (unpaired) electrons. The van der Waals surface area contributed by atoms with E-state index in [4.69, 9.17) is 4.98 Å². The summed E-state index contributed by atoms with van der Waals surface area (Å²) in [5.41, 5.74) is 2.09. The zero-order chi connectivity index (χ0) is 26.0. The number of fused-ring (bicyclic) bond motifs is 9. The molecule has 3 aromatic heterocycles. The van der Waals surface area contributed by atoms with Gasteiger partial charge in [0, 0.05) is 0 Å². The molecule has 0 spiro atoms. The summed E-state index contributed by atoms with van der Waals surface area (Å²) in [7, 11) is 0. The van der Waals surface area contributed by atoms with E-state index in [1.807, 2.05) is 18.5 Å². The van der Waals surface area contributed by atoms with Crippen molar-refractivity contribution in [1.29, 1.82) is 0 Å². The second-order valence-corrected chi connectivity index (χ2v) is 16.0. The van der Waals surface area contributed by atoms with E-state index in [9.17, 15) is 0 Å². The third-order valence-corrected chi connectivity index (χ3v) is 14.6. The molecule has 5 aromatic carbocycles. The Labute approximate surface area is 233 Å². The van der Waals surface area contributed by atoms with E-state index < -0.39 is 5.51 Å². The van der Waals surface area contributed by atoms with E-state index in [1.165, 1.54) is 43.0 Å². The van der Waals surface area contributed by atoms with Crippen molar-refractivity contribution >= 4 is 85.6 Å². The number of hydrogen-bond acceptors (Lipinski definition) is 2. The summed E-state index contributed by atoms with van der Waals surface area (Å²) in [6, 6.07) is 43.5. The number of pyridine rings is 2. The van der Waals surface area contributed by atoms with Gasteiger partial charge in [0.2, 0.25) is 0 Å². The van der Waals surface area contributed by atoms with Crippen molar-refractivity contribution in [2.45, 2.75) is 0 Å². The molecule has 0 amide bonds. The fourth-order valence-electron chi connectivity index (χ4n) is 5.91. The zero-order valence-electron chi connectivity index (χ0n) is 20.9. The van der Waals surface area contributed by atoms with Gasteiger partial charge in [-0.15, -0.1) is 0 Å². The second-order valence-electron chi connectivity index (χ2n) is 9.83. The van der Waals surface area contributed by atoms with Gasteiger partial charge in [0.15, 0.2) is 0 Å². The van der Waals surface area contributed by atoms with Gasteiger partial charge < -0.3 is 0 Å². The molecular formula is C34H22N3PSe. The standard InChI is InChI=1S/C34H22N3PSe/c39-38(26-11-8-20-35-22-26,25-19-18-23-9-1-2-10-24(23)21-25)32-17-7-16-31-33(32)36-34-29-14-4-3-12-27(29)28-13-5-6-15-30(28)37(31)34/h1-22H. The molecule has 5 heteroatoms. The summed E-state index contributed by atoms with van der Waals surface area (Å²) in [6.45, 7) is 0. The van der Waals surface area contributed by atoms with Crippen LogP contribution in [0.4, 0.5) is 0 Å². The molecule has 1 atom stereocenters. The monoisotopic (exact) mass is 583 g/mol. The maximum atomic E-state index is 5.42. The van der Waals surface area contributed by atoms with Crippen molar-refractivity contribution in [2.75, 3.05) is 0 Å². The van der Waals surface area contributed by atoms with Crippen LogP contribution in [0.1, 0.15) is 0 Å². The van der Waals surface area contributed by atoms with Crippen molar-refractivity contribution in [1.82, 2.24) is 14.4 Å². The summed E-state index contributed by atoms with van der Waals surface area (Å²) >= 11 is 3.74. The molecule has 8 aromatic rings. The fourth-order valence-corrected chi connectivity index (χ4v) is 11.0. The van der Waals surface area contributed by atoms with Crippen molar-refractivity contribution in [3.05, 3.63) is 134 Å². The van der Waals surface area contributed by atoms with Gasteiger partial charge in [0.05, 0.1) is 0 Å². The van der Waals surface area contributed by atoms with Crippen LogP contribution in [-0.4, -0.2) is 29.5 Å². The molecule has 0 aliphatic heterocycles. The maximum absolute atomic E-state index is 5.42. The van der Waals surface area contributed by atoms with Crippen molar-refractivity contribution in [2.24, 2.45) is 0 Å². The molecule has 0 saturated heterocycles. The zero-order valence-corrected chi connectivity index (χ0v) is 23.5. The molecule has 0 saturated carbocycles. The van der Waals surface area contributed by atoms with Crippen LogP contribution in [0.15, 0.2) is 134 Å². The van der Waals surface area contributed by atoms with Gasteiger partial charge >= 0.3 is 234 Å². The molecular weight excluding hydrogens is 560 g/mol. The average Bonchev–Trinajstić information content (AvgIpc) is 3.41. The van der Waals surface area contributed by atoms with Crippen molar-refractivity contribution in [3.8, 4) is 0 Å². The van der Waals surface area contributed by atoms with Crippen LogP contribution in [-0.2, 0) is 0 Å². The third-order valence-electron chi connectivity index (χ3n) is 7.71. The molecule has 39 heavy (non-hydrogen) atoms. The number of benzene rings is 5. The molecule has 3 heterocycles. The Morgan fingerprint density at radius 3 is 2.18 bits per heavy atom. The fraction of sp³-hybridized carbons (Fsp3) is 0. The van der Waals surface area contributed by atoms with E-state index in [0.717, 1.165) is 22.1 Å². The van der Waals surface area contributed by atoms with Crippen molar-refractivity contribution in [3.63, 3.8) is 0 Å². The van der Waals surface area contributed by atoms with Gasteiger partial charge in [0.25, 0.3) is 0 Å². The van der Waals surface area contributed by atoms with E-state index in [1.54, 1.807) is 0 Å². The van der Waals surface area contributed by atoms with Crippen LogP contribution in [0.2, 0.25) is 0 Å². The molecule has 0 aliphatic carbocycles. The van der Waals surface area contributed by atoms with Crippen LogP contribution in [0, 0.1) is 0 Å². The number of rotatable bonds is 3. The summed E-state index contributed by atoms with van der Waals surface area (Å²) in [6.07, 6.45) is 3.86. The molecule has 1 unspecified atom stereocenters. The van der Waals surface area contributed by atoms with E-state index in [0.29, 0.717) is 0 Å². The molecule has 0 bridgehead atoms. The Balaban J connectivity index is 1.53. The minimum absolute atomic E-state index is 0.989. The van der Waals surface area contributed by atoms with E-state index in [2.05, 4.69) is 140 Å². The SMILES string of the molecule is [Se]=P(c1cccnc1)(c1ccc2ccccc2c1)c1cccc2c1nc1c3ccccc3c3ccccc3n21. The molecule has 0 N–H and O–H groups in total. The molecule has 8 rings (SSSR count). The number of imidazole rings is 1. The molecule has 0 aliphatic rings. The summed E-state index contributed by atoms with van der Waals surface area (Å²) in [5, 5.41) is 9.78. The first kappa shape index (κ1) is 22.9. The van der Waals surface area contributed by atoms with Gasteiger partial charge in [-0.05, 0) is 0 Å². The van der Waals surface area contributed by atoms with Crippen LogP contribution in [0.5, 0.6) is 0 Å². The first-order valence-corrected chi connectivity index (χ1v) is 17.0. The van der Waals surface area contributed by atoms with E-state index >= 15 is 0 Å². The Bertz CT molecular complexity index is 2270. The number of para-hydroxylation sites is 2. The van der Waals surface area contributed by atoms with Gasteiger partial charge in [-0.3, -0.25) is 0 Å². The summed E-state index contributed by atoms with van der Waals surface area (Å²) in [5.74, 6) is 0. The molecule has 3 nitrogen and oxygen atoms in total. The normalized spacial score (nSPS) is 13.4. The second kappa shape index (κ2) is 8.73. The summed E-state index contributed by atoms with van der Waals surface area (Å²) < 4.78 is 2.34. The third kappa shape index (κ3) is 3.33. The number of nitrogens with zero attached hydrogens (tertiary/aromatic N) is 3. The number of hydrogen-bond donors (Lipinski definition) is 0. The molecule has 184 valence electrons.